The van der Waals surface area contributed by atoms with E-state index in [9.17, 15) is 14.3 Å². The quantitative estimate of drug-likeness (QED) is 0.794. The Balaban J connectivity index is 2.80. The molecule has 1 aromatic rings. The average Bonchev–Trinajstić information content (AvgIpc) is 2.43. The predicted molar refractivity (Wildman–Crippen MR) is 71.2 cm³/mol. The minimum Gasteiger partial charge on any atom is -0.481 e. The van der Waals surface area contributed by atoms with E-state index in [4.69, 9.17) is 5.11 Å². The SMILES string of the molecule is CCCC[C@@H](/C=C(\F)[C@@H](O)c1ccccc1)C(=O)O. The van der Waals surface area contributed by atoms with Crippen molar-refractivity contribution in [2.45, 2.75) is 32.3 Å². The Morgan fingerprint density at radius 1 is 1.37 bits per heavy atom. The van der Waals surface area contributed by atoms with Crippen LogP contribution >= 0.6 is 0 Å². The Bertz CT molecular complexity index is 428. The van der Waals surface area contributed by atoms with Crippen molar-refractivity contribution in [3.63, 3.8) is 0 Å². The smallest absolute Gasteiger partial charge is 0.310 e. The summed E-state index contributed by atoms with van der Waals surface area (Å²) >= 11 is 0. The summed E-state index contributed by atoms with van der Waals surface area (Å²) in [6.07, 6.45) is 1.55. The number of aliphatic hydroxyl groups is 1. The van der Waals surface area contributed by atoms with Crippen LogP contribution in [0, 0.1) is 5.92 Å². The van der Waals surface area contributed by atoms with Crippen LogP contribution in [0.2, 0.25) is 0 Å². The fourth-order valence-corrected chi connectivity index (χ4v) is 1.78. The summed E-state index contributed by atoms with van der Waals surface area (Å²) in [5.74, 6) is -2.77. The van der Waals surface area contributed by atoms with Gasteiger partial charge < -0.3 is 10.2 Å². The molecule has 0 radical (unpaired) electrons. The molecule has 0 fully saturated rings. The number of carbonyl (C=O) groups is 1. The van der Waals surface area contributed by atoms with Gasteiger partial charge in [0, 0.05) is 0 Å². The molecule has 0 spiro atoms. The van der Waals surface area contributed by atoms with E-state index in [1.165, 1.54) is 0 Å². The summed E-state index contributed by atoms with van der Waals surface area (Å²) in [5.41, 5.74) is 0.413. The van der Waals surface area contributed by atoms with E-state index >= 15 is 0 Å². The largest absolute Gasteiger partial charge is 0.481 e. The van der Waals surface area contributed by atoms with Crippen LogP contribution in [0.4, 0.5) is 4.39 Å². The molecular weight excluding hydrogens is 247 g/mol. The number of unbranched alkanes of at least 4 members (excludes halogenated alkanes) is 1. The van der Waals surface area contributed by atoms with Gasteiger partial charge >= 0.3 is 5.97 Å². The number of halogens is 1. The summed E-state index contributed by atoms with van der Waals surface area (Å²) in [5, 5.41) is 18.8. The van der Waals surface area contributed by atoms with Gasteiger partial charge in [-0.25, -0.2) is 4.39 Å². The van der Waals surface area contributed by atoms with Gasteiger partial charge in [-0.2, -0.15) is 0 Å². The number of carboxylic acids is 1. The van der Waals surface area contributed by atoms with Crippen LogP contribution in [0.15, 0.2) is 42.2 Å². The van der Waals surface area contributed by atoms with Crippen molar-refractivity contribution >= 4 is 5.97 Å². The molecule has 0 saturated carbocycles. The zero-order chi connectivity index (χ0) is 14.3. The Labute approximate surface area is 112 Å². The first kappa shape index (κ1) is 15.4. The van der Waals surface area contributed by atoms with E-state index in [-0.39, 0.29) is 0 Å². The second kappa shape index (κ2) is 7.69. The lowest BCUT2D eigenvalue weighted by Crippen LogP contribution is -2.12. The first-order valence-corrected chi connectivity index (χ1v) is 6.39. The molecule has 1 rings (SSSR count). The maximum absolute atomic E-state index is 13.9. The highest BCUT2D eigenvalue weighted by Gasteiger charge is 2.19. The Kier molecular flexibility index (Phi) is 6.22. The van der Waals surface area contributed by atoms with Gasteiger partial charge in [0.15, 0.2) is 0 Å². The topological polar surface area (TPSA) is 57.5 Å². The van der Waals surface area contributed by atoms with Crippen LogP contribution in [0.3, 0.4) is 0 Å². The van der Waals surface area contributed by atoms with Crippen LogP contribution in [-0.2, 0) is 4.79 Å². The maximum Gasteiger partial charge on any atom is 0.310 e. The minimum atomic E-state index is -1.40. The van der Waals surface area contributed by atoms with Gasteiger partial charge in [-0.05, 0) is 18.1 Å². The first-order valence-electron chi connectivity index (χ1n) is 6.39. The van der Waals surface area contributed by atoms with Crippen LogP contribution in [0.25, 0.3) is 0 Å². The van der Waals surface area contributed by atoms with Crippen LogP contribution in [0.1, 0.15) is 37.9 Å². The molecule has 0 aromatic heterocycles. The molecule has 19 heavy (non-hydrogen) atoms. The number of hydrogen-bond acceptors (Lipinski definition) is 2. The number of hydrogen-bond donors (Lipinski definition) is 2. The molecule has 1 aromatic carbocycles. The number of benzene rings is 1. The van der Waals surface area contributed by atoms with Gasteiger partial charge in [-0.3, -0.25) is 4.79 Å². The summed E-state index contributed by atoms with van der Waals surface area (Å²) in [6.45, 7) is 1.94. The van der Waals surface area contributed by atoms with Gasteiger partial charge in [-0.15, -0.1) is 0 Å². The number of rotatable bonds is 7. The lowest BCUT2D eigenvalue weighted by molar-refractivity contribution is -0.140. The molecule has 0 aliphatic carbocycles. The molecule has 4 heteroatoms. The van der Waals surface area contributed by atoms with Crippen molar-refractivity contribution < 1.29 is 19.4 Å². The minimum absolute atomic E-state index is 0.376. The van der Waals surface area contributed by atoms with Crippen LogP contribution < -0.4 is 0 Å². The molecule has 0 unspecified atom stereocenters. The van der Waals surface area contributed by atoms with Crippen molar-refractivity contribution in [3.05, 3.63) is 47.8 Å². The third-order valence-electron chi connectivity index (χ3n) is 2.92. The molecule has 2 atom stereocenters. The fraction of sp³-hybridized carbons (Fsp3) is 0.400. The van der Waals surface area contributed by atoms with Gasteiger partial charge in [0.05, 0.1) is 5.92 Å². The fourth-order valence-electron chi connectivity index (χ4n) is 1.78. The second-order valence-corrected chi connectivity index (χ2v) is 4.45. The molecule has 0 saturated heterocycles. The van der Waals surface area contributed by atoms with Crippen molar-refractivity contribution in [1.29, 1.82) is 0 Å². The zero-order valence-electron chi connectivity index (χ0n) is 10.9. The lowest BCUT2D eigenvalue weighted by atomic mass is 9.99. The van der Waals surface area contributed by atoms with Gasteiger partial charge in [-0.1, -0.05) is 50.1 Å². The summed E-state index contributed by atoms with van der Waals surface area (Å²) in [4.78, 5) is 11.0. The van der Waals surface area contributed by atoms with E-state index in [0.29, 0.717) is 18.4 Å². The van der Waals surface area contributed by atoms with Crippen molar-refractivity contribution in [2.75, 3.05) is 0 Å². The summed E-state index contributed by atoms with van der Waals surface area (Å²) in [7, 11) is 0. The molecule has 0 heterocycles. The van der Waals surface area contributed by atoms with E-state index in [2.05, 4.69) is 0 Å². The lowest BCUT2D eigenvalue weighted by Gasteiger charge is -2.11. The molecule has 0 bridgehead atoms. The monoisotopic (exact) mass is 266 g/mol. The first-order chi connectivity index (χ1) is 9.06. The molecule has 3 nitrogen and oxygen atoms in total. The van der Waals surface area contributed by atoms with Crippen LogP contribution in [0.5, 0.6) is 0 Å². The number of aliphatic carboxylic acids is 1. The van der Waals surface area contributed by atoms with E-state index in [1.807, 2.05) is 6.92 Å². The molecule has 2 N–H and O–H groups in total. The molecule has 104 valence electrons. The Morgan fingerprint density at radius 3 is 2.53 bits per heavy atom. The van der Waals surface area contributed by atoms with Crippen LogP contribution in [-0.4, -0.2) is 16.2 Å². The average molecular weight is 266 g/mol. The highest BCUT2D eigenvalue weighted by molar-refractivity contribution is 5.72. The Morgan fingerprint density at radius 2 is 2.00 bits per heavy atom. The highest BCUT2D eigenvalue weighted by Crippen LogP contribution is 2.25. The van der Waals surface area contributed by atoms with E-state index in [1.54, 1.807) is 30.3 Å². The molecule has 0 aliphatic heterocycles. The standard InChI is InChI=1S/C15H19FO3/c1-2-3-7-12(15(18)19)10-13(16)14(17)11-8-5-4-6-9-11/h4-6,8-10,12,14,17H,2-3,7H2,1H3,(H,18,19)/b13-10-/t12-,14-/m0/s1. The van der Waals surface area contributed by atoms with E-state index in [0.717, 1.165) is 12.5 Å². The summed E-state index contributed by atoms with van der Waals surface area (Å²) < 4.78 is 13.9. The van der Waals surface area contributed by atoms with Crippen molar-refractivity contribution in [3.8, 4) is 0 Å². The molecule has 0 aliphatic rings. The third-order valence-corrected chi connectivity index (χ3v) is 2.92. The normalized spacial score (nSPS) is 15.0. The van der Waals surface area contributed by atoms with Crippen molar-refractivity contribution in [1.82, 2.24) is 0 Å². The molecular formula is C15H19FO3. The Hall–Kier alpha value is -1.68. The van der Waals surface area contributed by atoms with Gasteiger partial charge in [0.2, 0.25) is 0 Å². The zero-order valence-corrected chi connectivity index (χ0v) is 10.9. The third kappa shape index (κ3) is 4.83. The van der Waals surface area contributed by atoms with Gasteiger partial charge in [0.25, 0.3) is 0 Å². The van der Waals surface area contributed by atoms with Crippen molar-refractivity contribution in [2.24, 2.45) is 5.92 Å². The summed E-state index contributed by atoms with van der Waals surface area (Å²) in [6, 6.07) is 8.34. The predicted octanol–water partition coefficient (Wildman–Crippen LogP) is 3.46. The molecule has 0 amide bonds. The second-order valence-electron chi connectivity index (χ2n) is 4.45. The maximum atomic E-state index is 13.9. The van der Waals surface area contributed by atoms with E-state index < -0.39 is 23.8 Å². The van der Waals surface area contributed by atoms with Gasteiger partial charge in [0.1, 0.15) is 11.9 Å². The number of aliphatic hydroxyl groups excluding tert-OH is 1. The highest BCUT2D eigenvalue weighted by atomic mass is 19.1. The number of carboxylic acid groups (broad SMARTS) is 1.